The average molecular weight is 867 g/mol. The molecule has 18 heteroatoms. The molecule has 0 radical (unpaired) electrons. The van der Waals surface area contributed by atoms with Gasteiger partial charge < -0.3 is 90.8 Å². The monoisotopic (exact) mass is 866 g/mol. The molecule has 3 aliphatic heterocycles. The molecule has 63 heavy (non-hydrogen) atoms. The van der Waals surface area contributed by atoms with Crippen molar-refractivity contribution in [2.75, 3.05) is 0 Å². The number of phenols is 12. The molecule has 326 valence electrons. The fourth-order valence-electron chi connectivity index (χ4n) is 8.94. The highest BCUT2D eigenvalue weighted by Crippen LogP contribution is 2.62. The fraction of sp³-hybridized carbons (Fsp3) is 0.200. The molecule has 0 fully saturated rings. The third-order valence-corrected chi connectivity index (χ3v) is 11.8. The minimum absolute atomic E-state index is 0.0127. The number of fused-ring (bicyclic) bond motifs is 3. The molecule has 18 nitrogen and oxygen atoms in total. The smallest absolute Gasteiger partial charge is 0.157 e. The van der Waals surface area contributed by atoms with Gasteiger partial charge in [0.2, 0.25) is 0 Å². The Bertz CT molecular complexity index is 2840. The lowest BCUT2D eigenvalue weighted by molar-refractivity contribution is -0.00562. The summed E-state index contributed by atoms with van der Waals surface area (Å²) in [5.74, 6) is -11.5. The third-order valence-electron chi connectivity index (χ3n) is 11.8. The molecule has 6 aromatic rings. The van der Waals surface area contributed by atoms with Crippen LogP contribution in [0.4, 0.5) is 0 Å². The summed E-state index contributed by atoms with van der Waals surface area (Å²) in [6.45, 7) is 0. The van der Waals surface area contributed by atoms with Crippen LogP contribution in [0.3, 0.4) is 0 Å². The van der Waals surface area contributed by atoms with Crippen molar-refractivity contribution in [2.45, 2.75) is 54.9 Å². The fourth-order valence-corrected chi connectivity index (χ4v) is 8.94. The Morgan fingerprint density at radius 3 is 1.29 bits per heavy atom. The third kappa shape index (κ3) is 6.46. The van der Waals surface area contributed by atoms with Crippen LogP contribution >= 0.6 is 0 Å². The van der Waals surface area contributed by atoms with Crippen LogP contribution in [0.2, 0.25) is 0 Å². The number of hydrogen-bond donors (Lipinski definition) is 15. The lowest BCUT2D eigenvalue weighted by atomic mass is 9.73. The van der Waals surface area contributed by atoms with Gasteiger partial charge in [-0.1, -0.05) is 18.2 Å². The molecule has 6 aromatic carbocycles. The van der Waals surface area contributed by atoms with Crippen molar-refractivity contribution in [1.82, 2.24) is 0 Å². The lowest BCUT2D eigenvalue weighted by Gasteiger charge is -2.43. The van der Waals surface area contributed by atoms with Gasteiger partial charge in [0, 0.05) is 58.5 Å². The zero-order valence-electron chi connectivity index (χ0n) is 32.3. The minimum Gasteiger partial charge on any atom is -0.508 e. The number of rotatable bonds is 5. The highest BCUT2D eigenvalue weighted by atomic mass is 16.5. The van der Waals surface area contributed by atoms with E-state index >= 15 is 0 Å². The number of phenolic OH excluding ortho intramolecular Hbond substituents is 12. The second-order valence-electron chi connectivity index (χ2n) is 15.7. The summed E-state index contributed by atoms with van der Waals surface area (Å²) in [5, 5.41) is 166. The minimum atomic E-state index is -1.90. The van der Waals surface area contributed by atoms with Crippen LogP contribution < -0.4 is 14.2 Å². The first-order chi connectivity index (χ1) is 29.9. The summed E-state index contributed by atoms with van der Waals surface area (Å²) < 4.78 is 18.9. The van der Waals surface area contributed by atoms with Gasteiger partial charge in [0.1, 0.15) is 70.1 Å². The maximum absolute atomic E-state index is 12.5. The summed E-state index contributed by atoms with van der Waals surface area (Å²) in [6.07, 6.45) is -9.93. The Hall–Kier alpha value is -7.80. The molecule has 0 saturated heterocycles. The molecule has 0 spiro atoms. The Morgan fingerprint density at radius 1 is 0.365 bits per heavy atom. The Balaban J connectivity index is 1.31. The summed E-state index contributed by atoms with van der Waals surface area (Å²) in [5.41, 5.74) is -1.10. The first-order valence-electron chi connectivity index (χ1n) is 19.3. The predicted molar refractivity (Wildman–Crippen MR) is 214 cm³/mol. The Kier molecular flexibility index (Phi) is 9.46. The van der Waals surface area contributed by atoms with E-state index in [1.54, 1.807) is 0 Å². The predicted octanol–water partition coefficient (Wildman–Crippen LogP) is 4.44. The highest BCUT2D eigenvalue weighted by Gasteiger charge is 2.51. The van der Waals surface area contributed by atoms with Crippen LogP contribution in [0.25, 0.3) is 0 Å². The molecule has 0 bridgehead atoms. The van der Waals surface area contributed by atoms with Crippen molar-refractivity contribution in [3.63, 3.8) is 0 Å². The van der Waals surface area contributed by atoms with E-state index < -0.39 is 123 Å². The van der Waals surface area contributed by atoms with E-state index in [1.165, 1.54) is 18.2 Å². The summed E-state index contributed by atoms with van der Waals surface area (Å²) in [7, 11) is 0. The van der Waals surface area contributed by atoms with E-state index in [1.807, 2.05) is 0 Å². The number of hydrogen-bond acceptors (Lipinski definition) is 18. The molecule has 8 atom stereocenters. The maximum Gasteiger partial charge on any atom is 0.157 e. The van der Waals surface area contributed by atoms with E-state index in [9.17, 15) is 76.6 Å². The van der Waals surface area contributed by atoms with Crippen molar-refractivity contribution in [3.8, 4) is 86.2 Å². The number of ether oxygens (including phenoxy) is 3. The second kappa shape index (κ2) is 14.7. The van der Waals surface area contributed by atoms with Crippen molar-refractivity contribution in [1.29, 1.82) is 0 Å². The zero-order valence-corrected chi connectivity index (χ0v) is 32.3. The van der Waals surface area contributed by atoms with E-state index in [-0.39, 0.29) is 62.4 Å². The molecule has 0 saturated carbocycles. The van der Waals surface area contributed by atoms with Gasteiger partial charge in [0.15, 0.2) is 46.7 Å². The number of aliphatic hydroxyl groups excluding tert-OH is 3. The van der Waals surface area contributed by atoms with Crippen molar-refractivity contribution in [2.24, 2.45) is 0 Å². The topological polar surface area (TPSA) is 331 Å². The van der Waals surface area contributed by atoms with Gasteiger partial charge in [-0.2, -0.15) is 0 Å². The van der Waals surface area contributed by atoms with Crippen LogP contribution in [0.1, 0.15) is 74.7 Å². The molecular formula is C45H38O18. The Morgan fingerprint density at radius 2 is 0.778 bits per heavy atom. The van der Waals surface area contributed by atoms with Crippen molar-refractivity contribution < 1.29 is 90.8 Å². The van der Waals surface area contributed by atoms with Crippen LogP contribution in [-0.2, 0) is 6.42 Å². The van der Waals surface area contributed by atoms with Gasteiger partial charge in [-0.3, -0.25) is 0 Å². The van der Waals surface area contributed by atoms with E-state index in [2.05, 4.69) is 0 Å². The van der Waals surface area contributed by atoms with Gasteiger partial charge in [-0.25, -0.2) is 0 Å². The van der Waals surface area contributed by atoms with Gasteiger partial charge in [0.05, 0.1) is 17.9 Å². The SMILES string of the molecule is Oc1cc(O)c2c(c1)OC(c1ccc(O)c(O)c1)[C@H](O)[C@H]2c1c(O)cc(O)c2c1OC(c1ccc(O)c(O)c1)[C@H](O)[C@H]2c1c(O)cc(O)c2c1OC(c1ccc(O)c(O)c1)[C@H](O)C2. The van der Waals surface area contributed by atoms with Crippen LogP contribution in [0.5, 0.6) is 86.2 Å². The molecule has 9 rings (SSSR count). The van der Waals surface area contributed by atoms with Crippen LogP contribution in [0.15, 0.2) is 78.9 Å². The van der Waals surface area contributed by atoms with Crippen molar-refractivity contribution in [3.05, 3.63) is 123 Å². The molecule has 0 aliphatic carbocycles. The van der Waals surface area contributed by atoms with Gasteiger partial charge in [0.25, 0.3) is 0 Å². The van der Waals surface area contributed by atoms with Gasteiger partial charge in [-0.15, -0.1) is 0 Å². The standard InChI is InChI=1S/C45H38O18/c46-18-10-27(54)33-32(11-18)61-42(16-2-5-21(48)25(52)8-16)39(59)37(33)35-29(56)14-30(57)36-38(40(60)43(63-45(35)36)17-3-6-22(49)26(53)9-17)34-28(55)13-23(50)19-12-31(58)41(62-44(19)34)15-1-4-20(47)24(51)7-15/h1-11,13-14,31,37-43,46-60H,12H2/t31-,37-,38+,39-,40-,41?,42?,43?/m1/s1. The molecule has 0 amide bonds. The quantitative estimate of drug-likeness (QED) is 0.106. The second-order valence-corrected chi connectivity index (χ2v) is 15.7. The van der Waals surface area contributed by atoms with Crippen molar-refractivity contribution >= 4 is 0 Å². The summed E-state index contributed by atoms with van der Waals surface area (Å²) >= 11 is 0. The van der Waals surface area contributed by atoms with Crippen LogP contribution in [-0.4, -0.2) is 94.9 Å². The van der Waals surface area contributed by atoms with E-state index in [0.29, 0.717) is 0 Å². The normalized spacial score (nSPS) is 23.6. The zero-order chi connectivity index (χ0) is 44.9. The number of aliphatic hydroxyl groups is 3. The first-order valence-corrected chi connectivity index (χ1v) is 19.3. The van der Waals surface area contributed by atoms with Crippen LogP contribution in [0, 0.1) is 0 Å². The number of benzene rings is 6. The van der Waals surface area contributed by atoms with E-state index in [4.69, 9.17) is 14.2 Å². The molecule has 0 aromatic heterocycles. The van der Waals surface area contributed by atoms with E-state index in [0.717, 1.165) is 60.7 Å². The summed E-state index contributed by atoms with van der Waals surface area (Å²) in [6, 6.07) is 14.4. The largest absolute Gasteiger partial charge is 0.508 e. The first kappa shape index (κ1) is 40.6. The molecular weight excluding hydrogens is 828 g/mol. The van der Waals surface area contributed by atoms with Gasteiger partial charge >= 0.3 is 0 Å². The molecule has 15 N–H and O–H groups in total. The average Bonchev–Trinajstić information content (AvgIpc) is 3.22. The lowest BCUT2D eigenvalue weighted by Crippen LogP contribution is -2.39. The molecule has 3 aliphatic rings. The number of aromatic hydroxyl groups is 12. The molecule has 3 heterocycles. The summed E-state index contributed by atoms with van der Waals surface area (Å²) in [4.78, 5) is 0. The molecule has 3 unspecified atom stereocenters. The highest BCUT2D eigenvalue weighted by molar-refractivity contribution is 5.70. The maximum atomic E-state index is 12.5. The van der Waals surface area contributed by atoms with Gasteiger partial charge in [-0.05, 0) is 53.1 Å². The Labute approximate surface area is 354 Å².